The Kier molecular flexibility index (Phi) is 5.86. The van der Waals surface area contributed by atoms with E-state index >= 15 is 0 Å². The van der Waals surface area contributed by atoms with Gasteiger partial charge in [-0.05, 0) is 30.5 Å². The number of hydrogen-bond donors (Lipinski definition) is 2. The summed E-state index contributed by atoms with van der Waals surface area (Å²) < 4.78 is 39.1. The third-order valence-electron chi connectivity index (χ3n) is 3.71. The van der Waals surface area contributed by atoms with E-state index in [1.54, 1.807) is 13.8 Å². The van der Waals surface area contributed by atoms with Crippen LogP contribution in [0.2, 0.25) is 0 Å². The zero-order chi connectivity index (χ0) is 16.1. The van der Waals surface area contributed by atoms with Gasteiger partial charge in [-0.3, -0.25) is 4.79 Å². The predicted molar refractivity (Wildman–Crippen MR) is 77.7 cm³/mol. The molecule has 0 amide bonds. The smallest absolute Gasteiger partial charge is 0.310 e. The van der Waals surface area contributed by atoms with Crippen LogP contribution in [0.4, 0.5) is 4.39 Å². The van der Waals surface area contributed by atoms with Crippen molar-refractivity contribution in [2.24, 2.45) is 5.41 Å². The van der Waals surface area contributed by atoms with E-state index < -0.39 is 27.2 Å². The summed E-state index contributed by atoms with van der Waals surface area (Å²) in [7, 11) is -3.67. The highest BCUT2D eigenvalue weighted by molar-refractivity contribution is 7.88. The predicted octanol–water partition coefficient (Wildman–Crippen LogP) is 2.14. The van der Waals surface area contributed by atoms with Crippen LogP contribution in [0.1, 0.15) is 32.3 Å². The Morgan fingerprint density at radius 3 is 2.19 bits per heavy atom. The summed E-state index contributed by atoms with van der Waals surface area (Å²) in [5.74, 6) is -1.76. The minimum absolute atomic E-state index is 0.154. The Hall–Kier alpha value is -1.47. The fraction of sp³-hybridized carbons (Fsp3) is 0.500. The van der Waals surface area contributed by atoms with E-state index in [1.165, 1.54) is 24.3 Å². The van der Waals surface area contributed by atoms with Crippen molar-refractivity contribution in [1.29, 1.82) is 0 Å². The van der Waals surface area contributed by atoms with Crippen LogP contribution >= 0.6 is 0 Å². The highest BCUT2D eigenvalue weighted by Gasteiger charge is 2.35. The fourth-order valence-electron chi connectivity index (χ4n) is 1.98. The van der Waals surface area contributed by atoms with Crippen LogP contribution in [0.3, 0.4) is 0 Å². The van der Waals surface area contributed by atoms with Crippen molar-refractivity contribution in [2.75, 3.05) is 6.54 Å². The first-order valence-corrected chi connectivity index (χ1v) is 8.35. The first-order valence-electron chi connectivity index (χ1n) is 6.70. The van der Waals surface area contributed by atoms with Gasteiger partial charge in [-0.15, -0.1) is 0 Å². The second kappa shape index (κ2) is 7.00. The van der Waals surface area contributed by atoms with Gasteiger partial charge < -0.3 is 5.11 Å². The summed E-state index contributed by atoms with van der Waals surface area (Å²) >= 11 is 0. The van der Waals surface area contributed by atoms with Crippen molar-refractivity contribution in [1.82, 2.24) is 4.72 Å². The molecule has 1 aromatic carbocycles. The molecule has 0 unspecified atom stereocenters. The minimum Gasteiger partial charge on any atom is -0.481 e. The number of rotatable bonds is 8. The number of aliphatic carboxylic acids is 1. The molecule has 1 rings (SSSR count). The molecule has 0 heterocycles. The van der Waals surface area contributed by atoms with E-state index in [2.05, 4.69) is 4.72 Å². The van der Waals surface area contributed by atoms with Crippen molar-refractivity contribution in [3.8, 4) is 0 Å². The van der Waals surface area contributed by atoms with E-state index in [0.717, 1.165) is 0 Å². The Bertz CT molecular complexity index is 579. The van der Waals surface area contributed by atoms with Crippen LogP contribution in [0.15, 0.2) is 24.3 Å². The zero-order valence-corrected chi connectivity index (χ0v) is 12.9. The molecule has 0 bridgehead atoms. The van der Waals surface area contributed by atoms with Crippen molar-refractivity contribution in [3.05, 3.63) is 35.6 Å². The molecule has 0 fully saturated rings. The number of sulfonamides is 1. The summed E-state index contributed by atoms with van der Waals surface area (Å²) in [4.78, 5) is 11.3. The quantitative estimate of drug-likeness (QED) is 0.769. The van der Waals surface area contributed by atoms with Crippen LogP contribution in [0.5, 0.6) is 0 Å². The van der Waals surface area contributed by atoms with E-state index in [9.17, 15) is 22.7 Å². The van der Waals surface area contributed by atoms with E-state index in [-0.39, 0.29) is 12.3 Å². The maximum atomic E-state index is 12.8. The molecule has 0 aliphatic carbocycles. The molecule has 0 spiro atoms. The molecule has 21 heavy (non-hydrogen) atoms. The van der Waals surface area contributed by atoms with Gasteiger partial charge in [0, 0.05) is 6.54 Å². The lowest BCUT2D eigenvalue weighted by atomic mass is 9.83. The Balaban J connectivity index is 2.76. The van der Waals surface area contributed by atoms with Crippen LogP contribution < -0.4 is 4.72 Å². The molecular weight excluding hydrogens is 297 g/mol. The lowest BCUT2D eigenvalue weighted by molar-refractivity contribution is -0.149. The average molecular weight is 317 g/mol. The number of carboxylic acid groups (broad SMARTS) is 1. The number of carboxylic acids is 1. The van der Waals surface area contributed by atoms with Gasteiger partial charge in [-0.1, -0.05) is 26.0 Å². The molecule has 118 valence electrons. The summed E-state index contributed by atoms with van der Waals surface area (Å²) in [5, 5.41) is 9.26. The van der Waals surface area contributed by atoms with Crippen LogP contribution in [0, 0.1) is 11.2 Å². The van der Waals surface area contributed by atoms with E-state index in [0.29, 0.717) is 18.4 Å². The molecule has 7 heteroatoms. The van der Waals surface area contributed by atoms with Gasteiger partial charge in [-0.25, -0.2) is 17.5 Å². The maximum Gasteiger partial charge on any atom is 0.310 e. The summed E-state index contributed by atoms with van der Waals surface area (Å²) in [5.41, 5.74) is -0.659. The largest absolute Gasteiger partial charge is 0.481 e. The van der Waals surface area contributed by atoms with Gasteiger partial charge in [0.1, 0.15) is 5.82 Å². The van der Waals surface area contributed by atoms with Gasteiger partial charge in [0.05, 0.1) is 11.2 Å². The van der Waals surface area contributed by atoms with Crippen molar-refractivity contribution >= 4 is 16.0 Å². The summed E-state index contributed by atoms with van der Waals surface area (Å²) in [6.45, 7) is 3.27. The second-order valence-corrected chi connectivity index (χ2v) is 6.81. The molecule has 0 saturated heterocycles. The van der Waals surface area contributed by atoms with E-state index in [1.807, 2.05) is 0 Å². The fourth-order valence-corrected chi connectivity index (χ4v) is 3.21. The monoisotopic (exact) mass is 317 g/mol. The number of benzene rings is 1. The second-order valence-electron chi connectivity index (χ2n) is 5.00. The molecule has 2 N–H and O–H groups in total. The summed E-state index contributed by atoms with van der Waals surface area (Å²) in [6, 6.07) is 5.15. The highest BCUT2D eigenvalue weighted by atomic mass is 32.2. The Labute approximate surface area is 124 Å². The molecule has 0 saturated carbocycles. The lowest BCUT2D eigenvalue weighted by Gasteiger charge is -2.26. The first-order chi connectivity index (χ1) is 9.74. The van der Waals surface area contributed by atoms with Gasteiger partial charge in [0.15, 0.2) is 0 Å². The molecule has 5 nitrogen and oxygen atoms in total. The lowest BCUT2D eigenvalue weighted by Crippen LogP contribution is -2.42. The maximum absolute atomic E-state index is 12.8. The van der Waals surface area contributed by atoms with Crippen LogP contribution in [-0.4, -0.2) is 26.0 Å². The average Bonchev–Trinajstić information content (AvgIpc) is 2.42. The SMILES string of the molecule is CCC(CC)(CNS(=O)(=O)Cc1ccc(F)cc1)C(=O)O. The molecule has 0 aliphatic rings. The van der Waals surface area contributed by atoms with Gasteiger partial charge in [0.25, 0.3) is 0 Å². The molecule has 0 aromatic heterocycles. The Morgan fingerprint density at radius 1 is 1.24 bits per heavy atom. The number of nitrogens with one attached hydrogen (secondary N) is 1. The van der Waals surface area contributed by atoms with Gasteiger partial charge >= 0.3 is 5.97 Å². The molecule has 0 aliphatic heterocycles. The number of halogens is 1. The van der Waals surface area contributed by atoms with Crippen LogP contribution in [0.25, 0.3) is 0 Å². The standard InChI is InChI=1S/C14H20FNO4S/c1-3-14(4-2,13(17)18)10-16-21(19,20)9-11-5-7-12(15)8-6-11/h5-8,16H,3-4,9-10H2,1-2H3,(H,17,18). The first kappa shape index (κ1) is 17.6. The molecule has 1 aromatic rings. The third-order valence-corrected chi connectivity index (χ3v) is 5.01. The number of carbonyl (C=O) groups is 1. The third kappa shape index (κ3) is 4.78. The van der Waals surface area contributed by atoms with E-state index in [4.69, 9.17) is 0 Å². The van der Waals surface area contributed by atoms with Crippen molar-refractivity contribution in [2.45, 2.75) is 32.4 Å². The topological polar surface area (TPSA) is 83.5 Å². The van der Waals surface area contributed by atoms with Gasteiger partial charge in [0.2, 0.25) is 10.0 Å². The molecular formula is C14H20FNO4S. The highest BCUT2D eigenvalue weighted by Crippen LogP contribution is 2.26. The van der Waals surface area contributed by atoms with Crippen molar-refractivity contribution in [3.63, 3.8) is 0 Å². The summed E-state index contributed by atoms with van der Waals surface area (Å²) in [6.07, 6.45) is 0.663. The normalized spacial score (nSPS) is 12.3. The minimum atomic E-state index is -3.67. The van der Waals surface area contributed by atoms with Crippen LogP contribution in [-0.2, 0) is 20.6 Å². The zero-order valence-electron chi connectivity index (χ0n) is 12.1. The molecule has 0 radical (unpaired) electrons. The number of hydrogen-bond acceptors (Lipinski definition) is 3. The Morgan fingerprint density at radius 2 is 1.76 bits per heavy atom. The molecule has 0 atom stereocenters. The van der Waals surface area contributed by atoms with Crippen molar-refractivity contribution < 1.29 is 22.7 Å². The van der Waals surface area contributed by atoms with Gasteiger partial charge in [-0.2, -0.15) is 0 Å².